The molecule has 0 radical (unpaired) electrons. The van der Waals surface area contributed by atoms with Crippen LogP contribution in [0.3, 0.4) is 0 Å². The predicted octanol–water partition coefficient (Wildman–Crippen LogP) is 4.86. The smallest absolute Gasteiger partial charge is 0.425 e. The molecule has 130 valence electrons. The minimum Gasteiger partial charge on any atom is -0.425 e. The van der Waals surface area contributed by atoms with Crippen LogP contribution in [0.15, 0.2) is 0 Å². The molecule has 0 heterocycles. The zero-order valence-corrected chi connectivity index (χ0v) is 15.0. The molecule has 0 rings (SSSR count). The molecule has 0 amide bonds. The van der Waals surface area contributed by atoms with Crippen LogP contribution in [-0.4, -0.2) is 23.5 Å². The highest BCUT2D eigenvalue weighted by atomic mass is 17.3. The topological polar surface area (TPSA) is 71.1 Å². The average molecular weight is 318 g/mol. The first-order chi connectivity index (χ1) is 9.96. The molecule has 0 aromatic rings. The summed E-state index contributed by atoms with van der Waals surface area (Å²) in [4.78, 5) is 31.8. The zero-order chi connectivity index (χ0) is 17.6. The van der Waals surface area contributed by atoms with Crippen LogP contribution < -0.4 is 0 Å². The minimum atomic E-state index is -1.07. The number of ether oxygens (including phenoxy) is 2. The summed E-state index contributed by atoms with van der Waals surface area (Å²) in [6, 6.07) is 0. The van der Waals surface area contributed by atoms with Gasteiger partial charge in [0.1, 0.15) is 11.2 Å². The van der Waals surface area contributed by atoms with Crippen molar-refractivity contribution in [1.29, 1.82) is 0 Å². The van der Waals surface area contributed by atoms with Gasteiger partial charge in [-0.25, -0.2) is 0 Å². The highest BCUT2D eigenvalue weighted by Gasteiger charge is 2.33. The standard InChI is InChI=1S/C16H30O6/c1-9-11(3)15(5,6)19-13(17)21-22-14(18)20-16(7,8)12(4)10-2/h11-12H,9-10H2,1-8H3. The Kier molecular flexibility index (Phi) is 7.70. The second kappa shape index (κ2) is 8.25. The summed E-state index contributed by atoms with van der Waals surface area (Å²) in [5, 5.41) is 0. The number of hydrogen-bond donors (Lipinski definition) is 0. The molecule has 6 nitrogen and oxygen atoms in total. The van der Waals surface area contributed by atoms with Crippen molar-refractivity contribution in [3.05, 3.63) is 0 Å². The maximum atomic E-state index is 11.6. The van der Waals surface area contributed by atoms with Crippen LogP contribution >= 0.6 is 0 Å². The lowest BCUT2D eigenvalue weighted by Crippen LogP contribution is -2.37. The van der Waals surface area contributed by atoms with E-state index in [0.29, 0.717) is 0 Å². The second-order valence-electron chi connectivity index (χ2n) is 6.70. The molecule has 0 saturated carbocycles. The van der Waals surface area contributed by atoms with E-state index in [0.717, 1.165) is 12.8 Å². The van der Waals surface area contributed by atoms with Crippen molar-refractivity contribution in [2.75, 3.05) is 0 Å². The predicted molar refractivity (Wildman–Crippen MR) is 82.2 cm³/mol. The van der Waals surface area contributed by atoms with Gasteiger partial charge in [-0.15, -0.1) is 0 Å². The molecule has 0 aromatic heterocycles. The van der Waals surface area contributed by atoms with Crippen LogP contribution in [0.5, 0.6) is 0 Å². The Balaban J connectivity index is 4.34. The van der Waals surface area contributed by atoms with Gasteiger partial charge in [0, 0.05) is 0 Å². The van der Waals surface area contributed by atoms with Crippen LogP contribution in [0, 0.1) is 11.8 Å². The molecular formula is C16H30O6. The number of hydrogen-bond acceptors (Lipinski definition) is 6. The molecular weight excluding hydrogens is 288 g/mol. The molecule has 0 aliphatic rings. The van der Waals surface area contributed by atoms with E-state index in [1.807, 2.05) is 27.7 Å². The Morgan fingerprint density at radius 3 is 1.27 bits per heavy atom. The fourth-order valence-corrected chi connectivity index (χ4v) is 1.72. The van der Waals surface area contributed by atoms with Crippen LogP contribution in [0.2, 0.25) is 0 Å². The van der Waals surface area contributed by atoms with Crippen molar-refractivity contribution in [2.24, 2.45) is 11.8 Å². The van der Waals surface area contributed by atoms with E-state index in [1.165, 1.54) is 0 Å². The van der Waals surface area contributed by atoms with Gasteiger partial charge in [-0.05, 0) is 52.4 Å². The lowest BCUT2D eigenvalue weighted by Gasteiger charge is -2.30. The van der Waals surface area contributed by atoms with Crippen molar-refractivity contribution in [2.45, 2.75) is 79.4 Å². The van der Waals surface area contributed by atoms with Crippen LogP contribution in [-0.2, 0) is 19.2 Å². The SMILES string of the molecule is CCC(C)C(C)(C)OC(=O)OOC(=O)OC(C)(C)C(C)CC. The van der Waals surface area contributed by atoms with Gasteiger partial charge in [-0.1, -0.05) is 27.7 Å². The van der Waals surface area contributed by atoms with E-state index in [2.05, 4.69) is 9.78 Å². The summed E-state index contributed by atoms with van der Waals surface area (Å²) in [7, 11) is 0. The van der Waals surface area contributed by atoms with E-state index in [1.54, 1.807) is 27.7 Å². The first-order valence-electron chi connectivity index (χ1n) is 7.76. The van der Waals surface area contributed by atoms with Crippen LogP contribution in [0.1, 0.15) is 68.2 Å². The third-order valence-electron chi connectivity index (χ3n) is 4.47. The Hall–Kier alpha value is -1.46. The molecule has 0 aliphatic carbocycles. The van der Waals surface area contributed by atoms with Crippen molar-refractivity contribution >= 4 is 12.3 Å². The molecule has 0 aromatic carbocycles. The minimum absolute atomic E-state index is 0.135. The highest BCUT2D eigenvalue weighted by Crippen LogP contribution is 2.25. The molecule has 2 atom stereocenters. The molecule has 0 N–H and O–H groups in total. The molecule has 0 spiro atoms. The van der Waals surface area contributed by atoms with E-state index in [4.69, 9.17) is 9.47 Å². The average Bonchev–Trinajstić information content (AvgIpc) is 2.42. The maximum absolute atomic E-state index is 11.6. The van der Waals surface area contributed by atoms with Gasteiger partial charge in [0.05, 0.1) is 0 Å². The maximum Gasteiger partial charge on any atom is 0.550 e. The monoisotopic (exact) mass is 318 g/mol. The van der Waals surface area contributed by atoms with Gasteiger partial charge in [0.2, 0.25) is 0 Å². The van der Waals surface area contributed by atoms with E-state index in [9.17, 15) is 9.59 Å². The van der Waals surface area contributed by atoms with E-state index >= 15 is 0 Å². The fourth-order valence-electron chi connectivity index (χ4n) is 1.72. The van der Waals surface area contributed by atoms with Crippen LogP contribution in [0.25, 0.3) is 0 Å². The van der Waals surface area contributed by atoms with Gasteiger partial charge < -0.3 is 9.47 Å². The Morgan fingerprint density at radius 2 is 1.05 bits per heavy atom. The molecule has 0 fully saturated rings. The molecule has 6 heteroatoms. The van der Waals surface area contributed by atoms with Gasteiger partial charge >= 0.3 is 12.3 Å². The molecule has 0 aliphatic heterocycles. The normalized spacial score (nSPS) is 14.7. The fraction of sp³-hybridized carbons (Fsp3) is 0.875. The van der Waals surface area contributed by atoms with Crippen molar-refractivity contribution in [1.82, 2.24) is 0 Å². The van der Waals surface area contributed by atoms with E-state index < -0.39 is 23.5 Å². The van der Waals surface area contributed by atoms with Crippen LogP contribution in [0.4, 0.5) is 9.59 Å². The van der Waals surface area contributed by atoms with Gasteiger partial charge in [0.15, 0.2) is 0 Å². The highest BCUT2D eigenvalue weighted by molar-refractivity contribution is 5.64. The number of carbonyl (C=O) groups is 2. The summed E-state index contributed by atoms with van der Waals surface area (Å²) in [5.41, 5.74) is -1.43. The first kappa shape index (κ1) is 20.5. The number of rotatable bonds is 6. The Morgan fingerprint density at radius 1 is 0.773 bits per heavy atom. The number of carbonyl (C=O) groups excluding carboxylic acids is 2. The lowest BCUT2D eigenvalue weighted by atomic mass is 9.90. The quantitative estimate of drug-likeness (QED) is 0.396. The summed E-state index contributed by atoms with van der Waals surface area (Å²) in [6.45, 7) is 15.0. The summed E-state index contributed by atoms with van der Waals surface area (Å²) >= 11 is 0. The lowest BCUT2D eigenvalue weighted by molar-refractivity contribution is -0.238. The Labute approximate surface area is 133 Å². The summed E-state index contributed by atoms with van der Waals surface area (Å²) < 4.78 is 10.3. The molecule has 2 unspecified atom stereocenters. The summed E-state index contributed by atoms with van der Waals surface area (Å²) in [6.07, 6.45) is -0.453. The largest absolute Gasteiger partial charge is 0.550 e. The van der Waals surface area contributed by atoms with Gasteiger partial charge in [-0.2, -0.15) is 19.4 Å². The zero-order valence-electron chi connectivity index (χ0n) is 15.0. The first-order valence-corrected chi connectivity index (χ1v) is 7.76. The molecule has 0 bridgehead atoms. The van der Waals surface area contributed by atoms with Gasteiger partial charge in [0.25, 0.3) is 0 Å². The van der Waals surface area contributed by atoms with Crippen molar-refractivity contribution < 1.29 is 28.8 Å². The van der Waals surface area contributed by atoms with Crippen molar-refractivity contribution in [3.8, 4) is 0 Å². The van der Waals surface area contributed by atoms with Crippen molar-refractivity contribution in [3.63, 3.8) is 0 Å². The van der Waals surface area contributed by atoms with Gasteiger partial charge in [-0.3, -0.25) is 0 Å². The third-order valence-corrected chi connectivity index (χ3v) is 4.47. The Bertz CT molecular complexity index is 339. The second-order valence-corrected chi connectivity index (χ2v) is 6.70. The molecule has 22 heavy (non-hydrogen) atoms. The molecule has 0 saturated heterocycles. The third kappa shape index (κ3) is 6.54. The summed E-state index contributed by atoms with van der Waals surface area (Å²) in [5.74, 6) is 0.271. The van der Waals surface area contributed by atoms with E-state index in [-0.39, 0.29) is 11.8 Å².